The van der Waals surface area contributed by atoms with Crippen molar-refractivity contribution in [3.63, 3.8) is 0 Å². The Bertz CT molecular complexity index is 1490. The highest BCUT2D eigenvalue weighted by Crippen LogP contribution is 2.50. The van der Waals surface area contributed by atoms with Crippen LogP contribution < -0.4 is 0 Å². The first kappa shape index (κ1) is 19.5. The van der Waals surface area contributed by atoms with E-state index < -0.39 is 0 Å². The normalized spacial score (nSPS) is 13.7. The summed E-state index contributed by atoms with van der Waals surface area (Å²) in [5, 5.41) is 2.62. The lowest BCUT2D eigenvalue weighted by Gasteiger charge is -2.22. The van der Waals surface area contributed by atoms with E-state index in [2.05, 4.69) is 133 Å². The second-order valence-corrected chi connectivity index (χ2v) is 10.1. The summed E-state index contributed by atoms with van der Waals surface area (Å²) in [6, 6.07) is 37.8. The standard InChI is InChI=1S/C31H23Br/c1-31(2)29-19-25(22-9-5-8-21(16-22)20-10-13-26(32)14-11-20)12-15-27(29)28-17-23-6-3-4-7-24(23)18-30(28)31/h3-19H,1-2H3. The van der Waals surface area contributed by atoms with Crippen LogP contribution in [-0.4, -0.2) is 0 Å². The summed E-state index contributed by atoms with van der Waals surface area (Å²) < 4.78 is 1.10. The van der Waals surface area contributed by atoms with Crippen LogP contribution in [0.3, 0.4) is 0 Å². The van der Waals surface area contributed by atoms with Crippen LogP contribution in [-0.2, 0) is 5.41 Å². The van der Waals surface area contributed by atoms with Crippen molar-refractivity contribution in [2.75, 3.05) is 0 Å². The minimum Gasteiger partial charge on any atom is -0.0616 e. The van der Waals surface area contributed by atoms with Gasteiger partial charge in [-0.15, -0.1) is 0 Å². The summed E-state index contributed by atoms with van der Waals surface area (Å²) in [5.41, 5.74) is 10.6. The molecule has 1 aliphatic rings. The molecule has 0 amide bonds. The van der Waals surface area contributed by atoms with Gasteiger partial charge in [0.25, 0.3) is 0 Å². The molecule has 0 nitrogen and oxygen atoms in total. The van der Waals surface area contributed by atoms with Gasteiger partial charge in [0.1, 0.15) is 0 Å². The molecule has 0 spiro atoms. The van der Waals surface area contributed by atoms with E-state index in [-0.39, 0.29) is 5.41 Å². The molecule has 0 N–H and O–H groups in total. The minimum absolute atomic E-state index is 0.0198. The molecular formula is C31H23Br. The van der Waals surface area contributed by atoms with Gasteiger partial charge in [-0.05, 0) is 91.7 Å². The predicted molar refractivity (Wildman–Crippen MR) is 140 cm³/mol. The Hall–Kier alpha value is -3.16. The van der Waals surface area contributed by atoms with Gasteiger partial charge < -0.3 is 0 Å². The molecule has 0 fully saturated rings. The van der Waals surface area contributed by atoms with Crippen LogP contribution in [0.15, 0.2) is 108 Å². The Labute approximate surface area is 197 Å². The van der Waals surface area contributed by atoms with Crippen LogP contribution in [0.2, 0.25) is 0 Å². The average Bonchev–Trinajstić information content (AvgIpc) is 3.04. The SMILES string of the molecule is CC1(C)c2cc(-c3cccc(-c4ccc(Br)cc4)c3)ccc2-c2cc3ccccc3cc21. The highest BCUT2D eigenvalue weighted by atomic mass is 79.9. The van der Waals surface area contributed by atoms with Gasteiger partial charge in [-0.2, -0.15) is 0 Å². The molecule has 0 heterocycles. The first-order chi connectivity index (χ1) is 15.5. The van der Waals surface area contributed by atoms with Gasteiger partial charge in [0.05, 0.1) is 0 Å². The van der Waals surface area contributed by atoms with Gasteiger partial charge >= 0.3 is 0 Å². The van der Waals surface area contributed by atoms with Crippen molar-refractivity contribution in [2.24, 2.45) is 0 Å². The Morgan fingerprint density at radius 2 is 1.09 bits per heavy atom. The molecule has 0 bridgehead atoms. The summed E-state index contributed by atoms with van der Waals surface area (Å²) in [5.74, 6) is 0. The average molecular weight is 475 g/mol. The van der Waals surface area contributed by atoms with Crippen LogP contribution in [0.4, 0.5) is 0 Å². The van der Waals surface area contributed by atoms with Crippen LogP contribution in [0, 0.1) is 0 Å². The van der Waals surface area contributed by atoms with Crippen LogP contribution >= 0.6 is 15.9 Å². The molecule has 32 heavy (non-hydrogen) atoms. The van der Waals surface area contributed by atoms with Crippen molar-refractivity contribution in [2.45, 2.75) is 19.3 Å². The molecule has 0 aromatic heterocycles. The van der Waals surface area contributed by atoms with E-state index in [0.29, 0.717) is 0 Å². The van der Waals surface area contributed by atoms with Gasteiger partial charge in [0, 0.05) is 9.89 Å². The molecule has 0 saturated carbocycles. The van der Waals surface area contributed by atoms with E-state index in [0.717, 1.165) is 4.47 Å². The second kappa shape index (κ2) is 7.18. The van der Waals surface area contributed by atoms with Crippen LogP contribution in [0.1, 0.15) is 25.0 Å². The van der Waals surface area contributed by atoms with Crippen molar-refractivity contribution in [1.82, 2.24) is 0 Å². The Morgan fingerprint density at radius 1 is 0.500 bits per heavy atom. The summed E-state index contributed by atoms with van der Waals surface area (Å²) in [6.45, 7) is 4.71. The predicted octanol–water partition coefficient (Wildman–Crippen LogP) is 9.24. The van der Waals surface area contributed by atoms with Crippen molar-refractivity contribution >= 4 is 26.7 Å². The molecule has 6 rings (SSSR count). The third kappa shape index (κ3) is 3.04. The zero-order valence-electron chi connectivity index (χ0n) is 18.2. The molecule has 0 aliphatic heterocycles. The number of fused-ring (bicyclic) bond motifs is 4. The fourth-order valence-electron chi connectivity index (χ4n) is 5.12. The van der Waals surface area contributed by atoms with Gasteiger partial charge in [0.2, 0.25) is 0 Å². The van der Waals surface area contributed by atoms with E-state index in [4.69, 9.17) is 0 Å². The lowest BCUT2D eigenvalue weighted by atomic mass is 9.81. The molecule has 5 aromatic carbocycles. The van der Waals surface area contributed by atoms with Crippen molar-refractivity contribution in [3.8, 4) is 33.4 Å². The minimum atomic E-state index is -0.0198. The summed E-state index contributed by atoms with van der Waals surface area (Å²) >= 11 is 3.53. The Kier molecular flexibility index (Phi) is 4.38. The first-order valence-corrected chi connectivity index (χ1v) is 11.8. The Balaban J connectivity index is 1.47. The zero-order valence-corrected chi connectivity index (χ0v) is 19.8. The second-order valence-electron chi connectivity index (χ2n) is 9.22. The smallest absolute Gasteiger partial charge is 0.0175 e. The maximum absolute atomic E-state index is 3.53. The highest BCUT2D eigenvalue weighted by molar-refractivity contribution is 9.10. The molecule has 1 heteroatoms. The highest BCUT2D eigenvalue weighted by Gasteiger charge is 2.35. The number of halogens is 1. The fraction of sp³-hybridized carbons (Fsp3) is 0.0968. The Morgan fingerprint density at radius 3 is 1.84 bits per heavy atom. The zero-order chi connectivity index (χ0) is 21.9. The number of hydrogen-bond donors (Lipinski definition) is 0. The van der Waals surface area contributed by atoms with Gasteiger partial charge in [0.15, 0.2) is 0 Å². The first-order valence-electron chi connectivity index (χ1n) is 11.1. The topological polar surface area (TPSA) is 0 Å². The summed E-state index contributed by atoms with van der Waals surface area (Å²) in [4.78, 5) is 0. The maximum Gasteiger partial charge on any atom is 0.0175 e. The molecule has 0 saturated heterocycles. The van der Waals surface area contributed by atoms with Gasteiger partial charge in [-0.1, -0.05) is 96.5 Å². The summed E-state index contributed by atoms with van der Waals surface area (Å²) in [7, 11) is 0. The van der Waals surface area contributed by atoms with Gasteiger partial charge in [-0.25, -0.2) is 0 Å². The van der Waals surface area contributed by atoms with Gasteiger partial charge in [-0.3, -0.25) is 0 Å². The van der Waals surface area contributed by atoms with E-state index >= 15 is 0 Å². The van der Waals surface area contributed by atoms with E-state index in [1.54, 1.807) is 0 Å². The van der Waals surface area contributed by atoms with Crippen LogP contribution in [0.5, 0.6) is 0 Å². The number of hydrogen-bond acceptors (Lipinski definition) is 0. The lowest BCUT2D eigenvalue weighted by molar-refractivity contribution is 0.661. The van der Waals surface area contributed by atoms with Crippen LogP contribution in [0.25, 0.3) is 44.2 Å². The fourth-order valence-corrected chi connectivity index (χ4v) is 5.39. The molecule has 0 unspecified atom stereocenters. The largest absolute Gasteiger partial charge is 0.0616 e. The third-order valence-corrected chi connectivity index (χ3v) is 7.44. The third-order valence-electron chi connectivity index (χ3n) is 6.92. The molecule has 154 valence electrons. The lowest BCUT2D eigenvalue weighted by Crippen LogP contribution is -2.15. The van der Waals surface area contributed by atoms with E-state index in [1.807, 2.05) is 0 Å². The monoisotopic (exact) mass is 474 g/mol. The van der Waals surface area contributed by atoms with Crippen molar-refractivity contribution in [1.29, 1.82) is 0 Å². The molecule has 1 aliphatic carbocycles. The quantitative estimate of drug-likeness (QED) is 0.239. The van der Waals surface area contributed by atoms with E-state index in [9.17, 15) is 0 Å². The number of rotatable bonds is 2. The maximum atomic E-state index is 3.53. The number of benzene rings is 5. The molecule has 0 atom stereocenters. The summed E-state index contributed by atoms with van der Waals surface area (Å²) in [6.07, 6.45) is 0. The van der Waals surface area contributed by atoms with Crippen molar-refractivity contribution < 1.29 is 0 Å². The van der Waals surface area contributed by atoms with Crippen molar-refractivity contribution in [3.05, 3.63) is 119 Å². The van der Waals surface area contributed by atoms with E-state index in [1.165, 1.54) is 55.3 Å². The molecule has 0 radical (unpaired) electrons. The molecule has 5 aromatic rings. The molecular weight excluding hydrogens is 452 g/mol.